The van der Waals surface area contributed by atoms with Crippen LogP contribution in [0.25, 0.3) is 0 Å². The third-order valence-electron chi connectivity index (χ3n) is 5.76. The van der Waals surface area contributed by atoms with Crippen LogP contribution < -0.4 is 0 Å². The standard InChI is InChI=1S/C15H26/c1-11-9-12-5-3-2-4-6-13-7-8-14(13)15(11)10-12/h11-15H,2-10H2,1H3. The topological polar surface area (TPSA) is 0 Å². The van der Waals surface area contributed by atoms with Gasteiger partial charge in [-0.05, 0) is 55.3 Å². The third kappa shape index (κ3) is 1.85. The van der Waals surface area contributed by atoms with Crippen LogP contribution in [0.5, 0.6) is 0 Å². The summed E-state index contributed by atoms with van der Waals surface area (Å²) >= 11 is 0. The van der Waals surface area contributed by atoms with Crippen molar-refractivity contribution in [2.24, 2.45) is 29.6 Å². The van der Waals surface area contributed by atoms with Gasteiger partial charge in [0, 0.05) is 0 Å². The Bertz CT molecular complexity index is 220. The quantitative estimate of drug-likeness (QED) is 0.541. The Morgan fingerprint density at radius 3 is 2.40 bits per heavy atom. The van der Waals surface area contributed by atoms with E-state index in [2.05, 4.69) is 6.92 Å². The molecule has 0 aromatic carbocycles. The number of hydrogen-bond acceptors (Lipinski definition) is 0. The van der Waals surface area contributed by atoms with E-state index in [4.69, 9.17) is 0 Å². The van der Waals surface area contributed by atoms with Crippen molar-refractivity contribution in [3.8, 4) is 0 Å². The van der Waals surface area contributed by atoms with Crippen LogP contribution in [0.3, 0.4) is 0 Å². The SMILES string of the molecule is CC1CC2CCCCCC3CCC3C1C2. The average molecular weight is 206 g/mol. The van der Waals surface area contributed by atoms with Gasteiger partial charge in [0.05, 0.1) is 0 Å². The molecule has 0 heteroatoms. The minimum Gasteiger partial charge on any atom is -0.0622 e. The summed E-state index contributed by atoms with van der Waals surface area (Å²) in [5, 5.41) is 0. The molecule has 3 aliphatic carbocycles. The predicted octanol–water partition coefficient (Wildman–Crippen LogP) is 4.64. The van der Waals surface area contributed by atoms with E-state index in [1.54, 1.807) is 38.5 Å². The van der Waals surface area contributed by atoms with Gasteiger partial charge in [-0.2, -0.15) is 0 Å². The van der Waals surface area contributed by atoms with E-state index < -0.39 is 0 Å². The molecule has 0 spiro atoms. The lowest BCUT2D eigenvalue weighted by Gasteiger charge is -2.43. The van der Waals surface area contributed by atoms with E-state index in [0.717, 1.165) is 29.6 Å². The molecule has 3 saturated carbocycles. The van der Waals surface area contributed by atoms with Crippen LogP contribution in [0.1, 0.15) is 64.7 Å². The second kappa shape index (κ2) is 4.11. The zero-order chi connectivity index (χ0) is 10.3. The smallest absolute Gasteiger partial charge is 0.0355 e. The van der Waals surface area contributed by atoms with Crippen molar-refractivity contribution in [1.82, 2.24) is 0 Å². The monoisotopic (exact) mass is 206 g/mol. The molecule has 0 radical (unpaired) electrons. The summed E-state index contributed by atoms with van der Waals surface area (Å²) in [6.07, 6.45) is 14.0. The van der Waals surface area contributed by atoms with Gasteiger partial charge in [0.25, 0.3) is 0 Å². The Morgan fingerprint density at radius 1 is 0.733 bits per heavy atom. The van der Waals surface area contributed by atoms with Gasteiger partial charge in [0.15, 0.2) is 0 Å². The highest BCUT2D eigenvalue weighted by atomic mass is 14.5. The molecule has 2 bridgehead atoms. The average Bonchev–Trinajstić information content (AvgIpc) is 2.51. The zero-order valence-corrected chi connectivity index (χ0v) is 10.3. The van der Waals surface area contributed by atoms with Gasteiger partial charge in [-0.3, -0.25) is 0 Å². The summed E-state index contributed by atoms with van der Waals surface area (Å²) in [6.45, 7) is 2.54. The summed E-state index contributed by atoms with van der Waals surface area (Å²) in [5.74, 6) is 5.61. The van der Waals surface area contributed by atoms with Crippen LogP contribution in [-0.4, -0.2) is 0 Å². The molecule has 5 unspecified atom stereocenters. The molecular formula is C15H26. The Morgan fingerprint density at radius 2 is 1.60 bits per heavy atom. The van der Waals surface area contributed by atoms with E-state index >= 15 is 0 Å². The molecule has 0 aliphatic heterocycles. The van der Waals surface area contributed by atoms with Crippen molar-refractivity contribution < 1.29 is 0 Å². The largest absolute Gasteiger partial charge is 0.0622 e. The second-order valence-electron chi connectivity index (χ2n) is 6.62. The van der Waals surface area contributed by atoms with Gasteiger partial charge in [-0.15, -0.1) is 0 Å². The number of rotatable bonds is 0. The zero-order valence-electron chi connectivity index (χ0n) is 10.3. The van der Waals surface area contributed by atoms with E-state index in [-0.39, 0.29) is 0 Å². The van der Waals surface area contributed by atoms with Gasteiger partial charge in [0.1, 0.15) is 0 Å². The highest BCUT2D eigenvalue weighted by Gasteiger charge is 2.43. The number of fused-ring (bicyclic) bond motifs is 4. The first kappa shape index (κ1) is 10.2. The fraction of sp³-hybridized carbons (Fsp3) is 1.00. The van der Waals surface area contributed by atoms with Gasteiger partial charge in [-0.25, -0.2) is 0 Å². The van der Waals surface area contributed by atoms with Gasteiger partial charge in [-0.1, -0.05) is 39.0 Å². The van der Waals surface area contributed by atoms with Crippen molar-refractivity contribution in [3.63, 3.8) is 0 Å². The molecule has 0 aromatic heterocycles. The molecule has 3 rings (SSSR count). The maximum absolute atomic E-state index is 2.54. The van der Waals surface area contributed by atoms with Gasteiger partial charge < -0.3 is 0 Å². The van der Waals surface area contributed by atoms with Gasteiger partial charge >= 0.3 is 0 Å². The molecule has 86 valence electrons. The normalized spacial score (nSPS) is 50.6. The molecule has 0 heterocycles. The van der Waals surface area contributed by atoms with E-state index in [0.29, 0.717) is 0 Å². The molecule has 0 amide bonds. The maximum Gasteiger partial charge on any atom is -0.0355 e. The fourth-order valence-electron chi connectivity index (χ4n) is 4.78. The number of hydrogen-bond donors (Lipinski definition) is 0. The molecule has 0 N–H and O–H groups in total. The van der Waals surface area contributed by atoms with E-state index in [9.17, 15) is 0 Å². The minimum absolute atomic E-state index is 1.06. The van der Waals surface area contributed by atoms with Crippen molar-refractivity contribution in [2.45, 2.75) is 64.7 Å². The Balaban J connectivity index is 1.72. The molecule has 15 heavy (non-hydrogen) atoms. The molecular weight excluding hydrogens is 180 g/mol. The van der Waals surface area contributed by atoms with E-state index in [1.165, 1.54) is 19.3 Å². The lowest BCUT2D eigenvalue weighted by atomic mass is 9.63. The lowest BCUT2D eigenvalue weighted by molar-refractivity contribution is 0.0723. The van der Waals surface area contributed by atoms with Crippen LogP contribution >= 0.6 is 0 Å². The van der Waals surface area contributed by atoms with Crippen LogP contribution in [0.15, 0.2) is 0 Å². The summed E-state index contributed by atoms with van der Waals surface area (Å²) in [5.41, 5.74) is 0. The first-order chi connectivity index (χ1) is 7.34. The molecule has 0 aromatic rings. The lowest BCUT2D eigenvalue weighted by Crippen LogP contribution is -2.34. The summed E-state index contributed by atoms with van der Waals surface area (Å²) in [4.78, 5) is 0. The molecule has 3 aliphatic rings. The third-order valence-corrected chi connectivity index (χ3v) is 5.76. The molecule has 3 fully saturated rings. The van der Waals surface area contributed by atoms with Crippen molar-refractivity contribution in [3.05, 3.63) is 0 Å². The Kier molecular flexibility index (Phi) is 2.79. The van der Waals surface area contributed by atoms with Crippen LogP contribution in [0, 0.1) is 29.6 Å². The van der Waals surface area contributed by atoms with Crippen LogP contribution in [0.2, 0.25) is 0 Å². The predicted molar refractivity (Wildman–Crippen MR) is 64.7 cm³/mol. The minimum atomic E-state index is 1.06. The first-order valence-corrected chi connectivity index (χ1v) is 7.34. The second-order valence-corrected chi connectivity index (χ2v) is 6.62. The van der Waals surface area contributed by atoms with Crippen molar-refractivity contribution in [1.29, 1.82) is 0 Å². The molecule has 0 nitrogen and oxygen atoms in total. The first-order valence-electron chi connectivity index (χ1n) is 7.34. The summed E-state index contributed by atoms with van der Waals surface area (Å²) in [7, 11) is 0. The van der Waals surface area contributed by atoms with Crippen LogP contribution in [-0.2, 0) is 0 Å². The summed E-state index contributed by atoms with van der Waals surface area (Å²) in [6, 6.07) is 0. The molecule has 5 atom stereocenters. The fourth-order valence-corrected chi connectivity index (χ4v) is 4.78. The highest BCUT2D eigenvalue weighted by molar-refractivity contribution is 4.93. The van der Waals surface area contributed by atoms with Crippen molar-refractivity contribution in [2.75, 3.05) is 0 Å². The van der Waals surface area contributed by atoms with Crippen LogP contribution in [0.4, 0.5) is 0 Å². The van der Waals surface area contributed by atoms with E-state index in [1.807, 2.05) is 0 Å². The maximum atomic E-state index is 2.54. The van der Waals surface area contributed by atoms with Crippen molar-refractivity contribution >= 4 is 0 Å². The Labute approximate surface area is 94.8 Å². The highest BCUT2D eigenvalue weighted by Crippen LogP contribution is 2.53. The summed E-state index contributed by atoms with van der Waals surface area (Å²) < 4.78 is 0. The molecule has 0 saturated heterocycles. The van der Waals surface area contributed by atoms with Gasteiger partial charge in [0.2, 0.25) is 0 Å². The Hall–Kier alpha value is 0.